The predicted octanol–water partition coefficient (Wildman–Crippen LogP) is 2.52. The summed E-state index contributed by atoms with van der Waals surface area (Å²) in [5.74, 6) is -0.600. The van der Waals surface area contributed by atoms with Crippen LogP contribution in [-0.4, -0.2) is 64.9 Å². The molecule has 3 heterocycles. The third-order valence-corrected chi connectivity index (χ3v) is 5.99. The minimum atomic E-state index is -4.48. The molecular weight excluding hydrogens is 463 g/mol. The monoisotopic (exact) mass is 481 g/mol. The van der Waals surface area contributed by atoms with Gasteiger partial charge in [0.15, 0.2) is 5.54 Å². The first-order valence-corrected chi connectivity index (χ1v) is 10.3. The quantitative estimate of drug-likeness (QED) is 0.730. The number of alkyl halides is 3. The van der Waals surface area contributed by atoms with Gasteiger partial charge in [0, 0.05) is 19.8 Å². The molecule has 0 bridgehead atoms. The Kier molecular flexibility index (Phi) is 5.69. The molecule has 0 atom stereocenters. The van der Waals surface area contributed by atoms with Crippen molar-refractivity contribution in [2.75, 3.05) is 31.6 Å². The fraction of sp³-hybridized carbons (Fsp3) is 0.333. The van der Waals surface area contributed by atoms with E-state index < -0.39 is 35.1 Å². The zero-order valence-electron chi connectivity index (χ0n) is 17.4. The van der Waals surface area contributed by atoms with Crippen LogP contribution in [0, 0.1) is 0 Å². The number of nitrogens with zero attached hydrogens (tertiary/aromatic N) is 4. The highest BCUT2D eigenvalue weighted by molar-refractivity contribution is 6.30. The number of aromatic nitrogens is 1. The number of piperazine rings is 1. The van der Waals surface area contributed by atoms with Crippen molar-refractivity contribution in [1.29, 1.82) is 0 Å². The van der Waals surface area contributed by atoms with Gasteiger partial charge >= 0.3 is 12.2 Å². The number of benzene rings is 1. The van der Waals surface area contributed by atoms with Gasteiger partial charge in [-0.25, -0.2) is 9.78 Å². The standard InChI is InChI=1S/C21H19ClF3N5O3/c1-26-19(33)28-11-20(12-28)18(32)29(16-7-6-15(22)8-27-16)10-17(31)30(20)9-13-2-4-14(5-3-13)21(23,24)25/h2-8H,9-12H2,1H3,(H,26,33). The molecule has 12 heteroatoms. The number of anilines is 1. The molecule has 0 unspecified atom stereocenters. The molecule has 0 saturated carbocycles. The summed E-state index contributed by atoms with van der Waals surface area (Å²) >= 11 is 5.87. The van der Waals surface area contributed by atoms with Gasteiger partial charge in [0.05, 0.1) is 23.7 Å². The van der Waals surface area contributed by atoms with Crippen molar-refractivity contribution in [3.05, 3.63) is 58.7 Å². The maximum absolute atomic E-state index is 13.6. The van der Waals surface area contributed by atoms with Crippen LogP contribution in [0.2, 0.25) is 5.02 Å². The zero-order chi connectivity index (χ0) is 24.0. The second kappa shape index (κ2) is 8.22. The molecule has 0 aliphatic carbocycles. The number of carbonyl (C=O) groups excluding carboxylic acids is 3. The van der Waals surface area contributed by atoms with Gasteiger partial charge in [0.2, 0.25) is 5.91 Å². The SMILES string of the molecule is CNC(=O)N1CC2(C1)C(=O)N(c1ccc(Cl)cn1)CC(=O)N2Cc1ccc(C(F)(F)F)cc1. The molecule has 33 heavy (non-hydrogen) atoms. The molecule has 1 N–H and O–H groups in total. The largest absolute Gasteiger partial charge is 0.416 e. The van der Waals surface area contributed by atoms with Crippen molar-refractivity contribution in [2.24, 2.45) is 0 Å². The highest BCUT2D eigenvalue weighted by Crippen LogP contribution is 2.37. The van der Waals surface area contributed by atoms with Crippen LogP contribution in [0.4, 0.5) is 23.8 Å². The molecule has 8 nitrogen and oxygen atoms in total. The number of nitrogens with one attached hydrogen (secondary N) is 1. The topological polar surface area (TPSA) is 85.9 Å². The Labute approximate surface area is 191 Å². The first kappa shape index (κ1) is 22.8. The predicted molar refractivity (Wildman–Crippen MR) is 112 cm³/mol. The van der Waals surface area contributed by atoms with Crippen molar-refractivity contribution >= 4 is 35.3 Å². The summed E-state index contributed by atoms with van der Waals surface area (Å²) < 4.78 is 38.7. The lowest BCUT2D eigenvalue weighted by Crippen LogP contribution is -2.81. The lowest BCUT2D eigenvalue weighted by atomic mass is 9.83. The maximum Gasteiger partial charge on any atom is 0.416 e. The summed E-state index contributed by atoms with van der Waals surface area (Å²) in [5.41, 5.74) is -1.73. The van der Waals surface area contributed by atoms with E-state index in [1.807, 2.05) is 0 Å². The Morgan fingerprint density at radius 2 is 1.82 bits per heavy atom. The van der Waals surface area contributed by atoms with Crippen LogP contribution in [0.3, 0.4) is 0 Å². The molecule has 1 spiro atoms. The number of likely N-dealkylation sites (tertiary alicyclic amines) is 1. The van der Waals surface area contributed by atoms with Gasteiger partial charge in [-0.1, -0.05) is 23.7 Å². The molecular formula is C21H19ClF3N5O3. The Morgan fingerprint density at radius 3 is 2.36 bits per heavy atom. The summed E-state index contributed by atoms with van der Waals surface area (Å²) in [6.45, 7) is -0.480. The summed E-state index contributed by atoms with van der Waals surface area (Å²) in [6, 6.07) is 7.06. The van der Waals surface area contributed by atoms with Crippen LogP contribution in [-0.2, 0) is 22.3 Å². The number of urea groups is 1. The lowest BCUT2D eigenvalue weighted by Gasteiger charge is -2.57. The number of pyridine rings is 1. The first-order chi connectivity index (χ1) is 15.5. The molecule has 1 aromatic carbocycles. The molecule has 2 aliphatic heterocycles. The maximum atomic E-state index is 13.6. The zero-order valence-corrected chi connectivity index (χ0v) is 18.2. The normalized spacial score (nSPS) is 17.9. The Morgan fingerprint density at radius 1 is 1.15 bits per heavy atom. The van der Waals surface area contributed by atoms with E-state index in [9.17, 15) is 27.6 Å². The lowest BCUT2D eigenvalue weighted by molar-refractivity contribution is -0.161. The van der Waals surface area contributed by atoms with E-state index in [1.54, 1.807) is 6.07 Å². The van der Waals surface area contributed by atoms with Crippen molar-refractivity contribution in [2.45, 2.75) is 18.3 Å². The van der Waals surface area contributed by atoms with Crippen LogP contribution in [0.15, 0.2) is 42.6 Å². The number of halogens is 4. The fourth-order valence-corrected chi connectivity index (χ4v) is 4.14. The van der Waals surface area contributed by atoms with E-state index in [4.69, 9.17) is 11.6 Å². The Balaban J connectivity index is 1.64. The van der Waals surface area contributed by atoms with Gasteiger partial charge in [-0.2, -0.15) is 13.2 Å². The van der Waals surface area contributed by atoms with Gasteiger partial charge in [-0.3, -0.25) is 14.5 Å². The smallest absolute Gasteiger partial charge is 0.341 e. The average Bonchev–Trinajstić information content (AvgIpc) is 2.75. The number of rotatable bonds is 3. The minimum Gasteiger partial charge on any atom is -0.341 e. The molecule has 2 fully saturated rings. The molecule has 1 aromatic heterocycles. The van der Waals surface area contributed by atoms with Gasteiger partial charge in [-0.05, 0) is 29.8 Å². The average molecular weight is 482 g/mol. The number of amides is 4. The van der Waals surface area contributed by atoms with E-state index in [-0.39, 0.29) is 32.0 Å². The number of carbonyl (C=O) groups is 3. The van der Waals surface area contributed by atoms with Crippen molar-refractivity contribution in [3.8, 4) is 0 Å². The van der Waals surface area contributed by atoms with E-state index in [1.165, 1.54) is 46.1 Å². The molecule has 2 aromatic rings. The second-order valence-corrected chi connectivity index (χ2v) is 8.28. The van der Waals surface area contributed by atoms with Crippen LogP contribution in [0.1, 0.15) is 11.1 Å². The van der Waals surface area contributed by atoms with Crippen molar-refractivity contribution < 1.29 is 27.6 Å². The van der Waals surface area contributed by atoms with Crippen molar-refractivity contribution in [3.63, 3.8) is 0 Å². The van der Waals surface area contributed by atoms with E-state index in [0.29, 0.717) is 10.6 Å². The Bertz CT molecular complexity index is 1090. The van der Waals surface area contributed by atoms with E-state index >= 15 is 0 Å². The summed E-state index contributed by atoms with van der Waals surface area (Å²) in [5, 5.41) is 2.84. The third-order valence-electron chi connectivity index (χ3n) is 5.77. The van der Waals surface area contributed by atoms with Crippen LogP contribution in [0.25, 0.3) is 0 Å². The van der Waals surface area contributed by atoms with E-state index in [2.05, 4.69) is 10.3 Å². The molecule has 2 aliphatic rings. The third kappa shape index (κ3) is 4.08. The first-order valence-electron chi connectivity index (χ1n) is 9.92. The molecule has 174 valence electrons. The summed E-state index contributed by atoms with van der Waals surface area (Å²) in [6.07, 6.45) is -3.13. The molecule has 2 saturated heterocycles. The van der Waals surface area contributed by atoms with Crippen molar-refractivity contribution in [1.82, 2.24) is 20.1 Å². The molecule has 0 radical (unpaired) electrons. The summed E-state index contributed by atoms with van der Waals surface area (Å²) in [7, 11) is 1.45. The summed E-state index contributed by atoms with van der Waals surface area (Å²) in [4.78, 5) is 46.8. The fourth-order valence-electron chi connectivity index (χ4n) is 4.02. The highest BCUT2D eigenvalue weighted by Gasteiger charge is 2.61. The number of hydrogen-bond donors (Lipinski definition) is 1. The van der Waals surface area contributed by atoms with Crippen LogP contribution in [0.5, 0.6) is 0 Å². The molecule has 4 rings (SSSR count). The van der Waals surface area contributed by atoms with Crippen LogP contribution < -0.4 is 10.2 Å². The van der Waals surface area contributed by atoms with Crippen LogP contribution >= 0.6 is 11.6 Å². The Hall–Kier alpha value is -3.34. The minimum absolute atomic E-state index is 0.0536. The van der Waals surface area contributed by atoms with Gasteiger partial charge in [-0.15, -0.1) is 0 Å². The van der Waals surface area contributed by atoms with E-state index in [0.717, 1.165) is 12.1 Å². The molecule has 4 amide bonds. The van der Waals surface area contributed by atoms with Gasteiger partial charge in [0.1, 0.15) is 12.4 Å². The van der Waals surface area contributed by atoms with Gasteiger partial charge in [0.25, 0.3) is 5.91 Å². The van der Waals surface area contributed by atoms with Gasteiger partial charge < -0.3 is 15.1 Å². The highest BCUT2D eigenvalue weighted by atomic mass is 35.5. The second-order valence-electron chi connectivity index (χ2n) is 7.84. The number of hydrogen-bond acceptors (Lipinski definition) is 4.